The van der Waals surface area contributed by atoms with Gasteiger partial charge in [0.2, 0.25) is 0 Å². The van der Waals surface area contributed by atoms with E-state index in [-0.39, 0.29) is 5.41 Å². The van der Waals surface area contributed by atoms with Crippen LogP contribution in [-0.4, -0.2) is 7.05 Å². The van der Waals surface area contributed by atoms with Gasteiger partial charge in [0.05, 0.1) is 0 Å². The van der Waals surface area contributed by atoms with Crippen LogP contribution in [0, 0.1) is 5.92 Å². The van der Waals surface area contributed by atoms with Crippen molar-refractivity contribution in [3.8, 4) is 0 Å². The molecule has 0 radical (unpaired) electrons. The average molecular weight is 247 g/mol. The third kappa shape index (κ3) is 3.84. The third-order valence-electron chi connectivity index (χ3n) is 4.03. The second kappa shape index (κ2) is 6.38. The summed E-state index contributed by atoms with van der Waals surface area (Å²) >= 11 is 0. The molecule has 1 rings (SSSR count). The van der Waals surface area contributed by atoms with Gasteiger partial charge in [0.15, 0.2) is 0 Å². The Morgan fingerprint density at radius 1 is 1.11 bits per heavy atom. The molecule has 1 aromatic carbocycles. The lowest BCUT2D eigenvalue weighted by Gasteiger charge is -2.25. The Bertz CT molecular complexity index is 348. The summed E-state index contributed by atoms with van der Waals surface area (Å²) in [6.07, 6.45) is 2.36. The molecule has 1 aromatic rings. The van der Waals surface area contributed by atoms with Crippen LogP contribution in [0.1, 0.15) is 64.6 Å². The van der Waals surface area contributed by atoms with Gasteiger partial charge >= 0.3 is 0 Å². The zero-order chi connectivity index (χ0) is 13.8. The van der Waals surface area contributed by atoms with Crippen molar-refractivity contribution in [2.24, 2.45) is 5.92 Å². The van der Waals surface area contributed by atoms with Crippen LogP contribution in [0.3, 0.4) is 0 Å². The predicted molar refractivity (Wildman–Crippen MR) is 81.0 cm³/mol. The summed E-state index contributed by atoms with van der Waals surface area (Å²) in [7, 11) is 2.05. The van der Waals surface area contributed by atoms with Gasteiger partial charge in [-0.3, -0.25) is 0 Å². The van der Waals surface area contributed by atoms with Crippen LogP contribution in [0.25, 0.3) is 0 Å². The molecule has 0 bridgehead atoms. The topological polar surface area (TPSA) is 12.0 Å². The minimum absolute atomic E-state index is 0.283. The number of benzene rings is 1. The van der Waals surface area contributed by atoms with Crippen molar-refractivity contribution in [3.05, 3.63) is 35.4 Å². The number of nitrogens with one attached hydrogen (secondary N) is 1. The lowest BCUT2D eigenvalue weighted by Crippen LogP contribution is -2.19. The van der Waals surface area contributed by atoms with E-state index < -0.39 is 0 Å². The maximum atomic E-state index is 3.42. The summed E-state index contributed by atoms with van der Waals surface area (Å²) in [4.78, 5) is 0. The van der Waals surface area contributed by atoms with Gasteiger partial charge in [-0.15, -0.1) is 0 Å². The molecular weight excluding hydrogens is 218 g/mol. The van der Waals surface area contributed by atoms with Crippen LogP contribution in [-0.2, 0) is 5.41 Å². The van der Waals surface area contributed by atoms with Crippen molar-refractivity contribution in [1.82, 2.24) is 5.32 Å². The molecule has 102 valence electrons. The van der Waals surface area contributed by atoms with Crippen LogP contribution in [0.15, 0.2) is 24.3 Å². The first kappa shape index (κ1) is 15.2. The molecule has 0 aliphatic rings. The summed E-state index contributed by atoms with van der Waals surface area (Å²) in [5, 5.41) is 3.42. The first-order valence-corrected chi connectivity index (χ1v) is 7.18. The minimum Gasteiger partial charge on any atom is -0.313 e. The molecule has 1 heteroatoms. The largest absolute Gasteiger partial charge is 0.313 e. The zero-order valence-corrected chi connectivity index (χ0v) is 12.9. The molecule has 0 saturated carbocycles. The molecule has 0 aliphatic carbocycles. The second-order valence-electron chi connectivity index (χ2n) is 6.33. The second-order valence-corrected chi connectivity index (χ2v) is 6.33. The average Bonchev–Trinajstić information content (AvgIpc) is 2.36. The molecule has 0 spiro atoms. The molecule has 1 unspecified atom stereocenters. The van der Waals surface area contributed by atoms with E-state index in [2.05, 4.69) is 71.2 Å². The fraction of sp³-hybridized carbons (Fsp3) is 0.647. The van der Waals surface area contributed by atoms with E-state index in [4.69, 9.17) is 0 Å². The van der Waals surface area contributed by atoms with Gasteiger partial charge in [-0.25, -0.2) is 0 Å². The first-order chi connectivity index (χ1) is 8.40. The summed E-state index contributed by atoms with van der Waals surface area (Å²) in [6.45, 7) is 11.4. The van der Waals surface area contributed by atoms with E-state index in [9.17, 15) is 0 Å². The molecule has 0 amide bonds. The van der Waals surface area contributed by atoms with Gasteiger partial charge in [0.1, 0.15) is 0 Å². The van der Waals surface area contributed by atoms with Crippen LogP contribution < -0.4 is 5.32 Å². The molecule has 0 aromatic heterocycles. The van der Waals surface area contributed by atoms with Gasteiger partial charge < -0.3 is 5.32 Å². The number of hydrogen-bond donors (Lipinski definition) is 1. The summed E-state index contributed by atoms with van der Waals surface area (Å²) in [5.41, 5.74) is 3.13. The Morgan fingerprint density at radius 3 is 2.06 bits per heavy atom. The van der Waals surface area contributed by atoms with E-state index in [1.165, 1.54) is 24.0 Å². The highest BCUT2D eigenvalue weighted by Gasteiger charge is 2.18. The number of rotatable bonds is 6. The van der Waals surface area contributed by atoms with Gasteiger partial charge in [-0.2, -0.15) is 0 Å². The number of hydrogen-bond acceptors (Lipinski definition) is 1. The maximum Gasteiger partial charge on any atom is 0.0319 e. The van der Waals surface area contributed by atoms with Crippen molar-refractivity contribution in [2.75, 3.05) is 7.05 Å². The third-order valence-corrected chi connectivity index (χ3v) is 4.03. The quantitative estimate of drug-likeness (QED) is 0.769. The lowest BCUT2D eigenvalue weighted by molar-refractivity contribution is 0.456. The molecule has 0 saturated heterocycles. The maximum absolute atomic E-state index is 3.42. The normalized spacial score (nSPS) is 13.9. The highest BCUT2D eigenvalue weighted by Crippen LogP contribution is 2.28. The zero-order valence-electron chi connectivity index (χ0n) is 12.9. The van der Waals surface area contributed by atoms with Crippen molar-refractivity contribution < 1.29 is 0 Å². The van der Waals surface area contributed by atoms with E-state index in [1.54, 1.807) is 0 Å². The van der Waals surface area contributed by atoms with Crippen molar-refractivity contribution in [3.63, 3.8) is 0 Å². The van der Waals surface area contributed by atoms with Crippen LogP contribution in [0.4, 0.5) is 0 Å². The predicted octanol–water partition coefficient (Wildman–Crippen LogP) is 4.68. The van der Waals surface area contributed by atoms with Crippen LogP contribution in [0.5, 0.6) is 0 Å². The molecule has 1 N–H and O–H groups in total. The summed E-state index contributed by atoms with van der Waals surface area (Å²) in [6, 6.07) is 9.64. The van der Waals surface area contributed by atoms with Crippen molar-refractivity contribution >= 4 is 0 Å². The molecule has 1 nitrogen and oxygen atoms in total. The van der Waals surface area contributed by atoms with E-state index in [0.29, 0.717) is 12.0 Å². The highest BCUT2D eigenvalue weighted by atomic mass is 14.9. The summed E-state index contributed by atoms with van der Waals surface area (Å²) in [5.74, 6) is 0.717. The first-order valence-electron chi connectivity index (χ1n) is 7.18. The lowest BCUT2D eigenvalue weighted by atomic mass is 9.81. The minimum atomic E-state index is 0.283. The van der Waals surface area contributed by atoms with Gasteiger partial charge in [0.25, 0.3) is 0 Å². The van der Waals surface area contributed by atoms with Crippen molar-refractivity contribution in [2.45, 2.75) is 58.9 Å². The van der Waals surface area contributed by atoms with Gasteiger partial charge in [0, 0.05) is 6.04 Å². The molecule has 0 fully saturated rings. The van der Waals surface area contributed by atoms with Crippen LogP contribution >= 0.6 is 0 Å². The smallest absolute Gasteiger partial charge is 0.0319 e. The van der Waals surface area contributed by atoms with E-state index in [1.807, 2.05) is 0 Å². The molecule has 1 atom stereocenters. The Hall–Kier alpha value is -0.820. The Balaban J connectivity index is 2.87. The SMILES string of the molecule is CCC(C)(C)c1ccc(C(CC(C)C)NC)cc1. The fourth-order valence-electron chi connectivity index (χ4n) is 2.26. The summed E-state index contributed by atoms with van der Waals surface area (Å²) < 4.78 is 0. The highest BCUT2D eigenvalue weighted by molar-refractivity contribution is 5.29. The molecule has 0 heterocycles. The Morgan fingerprint density at radius 2 is 1.67 bits per heavy atom. The Labute approximate surface area is 113 Å². The standard InChI is InChI=1S/C17H29N/c1-7-17(4,5)15-10-8-14(9-11-15)16(18-6)12-13(2)3/h8-11,13,16,18H,7,12H2,1-6H3. The van der Waals surface area contributed by atoms with E-state index in [0.717, 1.165) is 0 Å². The van der Waals surface area contributed by atoms with E-state index >= 15 is 0 Å². The van der Waals surface area contributed by atoms with Crippen molar-refractivity contribution in [1.29, 1.82) is 0 Å². The fourth-order valence-corrected chi connectivity index (χ4v) is 2.26. The van der Waals surface area contributed by atoms with Gasteiger partial charge in [-0.1, -0.05) is 58.9 Å². The van der Waals surface area contributed by atoms with Gasteiger partial charge in [-0.05, 0) is 42.3 Å². The monoisotopic (exact) mass is 247 g/mol. The van der Waals surface area contributed by atoms with Crippen LogP contribution in [0.2, 0.25) is 0 Å². The Kier molecular flexibility index (Phi) is 5.40. The molecule has 0 aliphatic heterocycles. The molecular formula is C17H29N. The molecule has 18 heavy (non-hydrogen) atoms.